The number of para-hydroxylation sites is 1. The Hall–Kier alpha value is -2.50. The number of nitrogens with zero attached hydrogens (tertiary/aromatic N) is 1. The second-order valence-corrected chi connectivity index (χ2v) is 10.3. The third-order valence-corrected chi connectivity index (χ3v) is 6.92. The van der Waals surface area contributed by atoms with Crippen LogP contribution in [0.25, 0.3) is 10.2 Å². The Morgan fingerprint density at radius 2 is 1.88 bits per heavy atom. The van der Waals surface area contributed by atoms with Gasteiger partial charge in [0.05, 0.1) is 20.7 Å². The number of sulfonamides is 1. The molecule has 0 aliphatic carbocycles. The maximum atomic E-state index is 13.0. The predicted octanol–water partition coefficient (Wildman–Crippen LogP) is 4.75. The first-order valence-corrected chi connectivity index (χ1v) is 12.0. The number of esters is 1. The molecule has 1 heterocycles. The SMILES string of the molecule is CC(C)C[C@H](NS(=O)(=O)c1cccc(C(F)(F)F)c1)C(=O)OCc1nc2ccccc2s1. The van der Waals surface area contributed by atoms with Crippen LogP contribution in [0.15, 0.2) is 53.4 Å². The monoisotopic (exact) mass is 486 g/mol. The second kappa shape index (κ2) is 9.55. The zero-order chi connectivity index (χ0) is 23.5. The fraction of sp³-hybridized carbons (Fsp3) is 0.333. The summed E-state index contributed by atoms with van der Waals surface area (Å²) in [5, 5.41) is 0.545. The quantitative estimate of drug-likeness (QED) is 0.465. The molecule has 6 nitrogen and oxygen atoms in total. The Kier molecular flexibility index (Phi) is 7.21. The molecular weight excluding hydrogens is 465 g/mol. The van der Waals surface area contributed by atoms with E-state index in [0.717, 1.165) is 28.4 Å². The minimum absolute atomic E-state index is 0.0841. The van der Waals surface area contributed by atoms with Crippen LogP contribution in [0.2, 0.25) is 0 Å². The molecule has 0 saturated carbocycles. The van der Waals surface area contributed by atoms with Gasteiger partial charge in [-0.05, 0) is 42.7 Å². The topological polar surface area (TPSA) is 85.4 Å². The largest absolute Gasteiger partial charge is 0.457 e. The molecule has 0 radical (unpaired) electrons. The summed E-state index contributed by atoms with van der Waals surface area (Å²) in [5.74, 6) is -0.910. The Morgan fingerprint density at radius 1 is 1.16 bits per heavy atom. The number of hydrogen-bond donors (Lipinski definition) is 1. The highest BCUT2D eigenvalue weighted by atomic mass is 32.2. The molecule has 1 aromatic heterocycles. The number of halogens is 3. The molecule has 0 spiro atoms. The number of nitrogens with one attached hydrogen (secondary N) is 1. The van der Waals surface area contributed by atoms with Gasteiger partial charge in [0.15, 0.2) is 0 Å². The molecule has 0 bridgehead atoms. The lowest BCUT2D eigenvalue weighted by molar-refractivity contribution is -0.147. The molecule has 172 valence electrons. The molecule has 0 unspecified atom stereocenters. The van der Waals surface area contributed by atoms with E-state index in [9.17, 15) is 26.4 Å². The maximum absolute atomic E-state index is 13.0. The first kappa shape index (κ1) is 24.1. The van der Waals surface area contributed by atoms with Crippen LogP contribution in [-0.2, 0) is 32.3 Å². The van der Waals surface area contributed by atoms with Crippen molar-refractivity contribution in [2.24, 2.45) is 5.92 Å². The number of carbonyl (C=O) groups is 1. The van der Waals surface area contributed by atoms with Gasteiger partial charge in [0.25, 0.3) is 0 Å². The van der Waals surface area contributed by atoms with E-state index in [1.54, 1.807) is 13.8 Å². The van der Waals surface area contributed by atoms with Gasteiger partial charge in [-0.15, -0.1) is 11.3 Å². The molecule has 1 N–H and O–H groups in total. The zero-order valence-corrected chi connectivity index (χ0v) is 18.9. The van der Waals surface area contributed by atoms with Crippen molar-refractivity contribution in [1.82, 2.24) is 9.71 Å². The van der Waals surface area contributed by atoms with Crippen molar-refractivity contribution in [3.05, 3.63) is 59.1 Å². The van der Waals surface area contributed by atoms with E-state index in [-0.39, 0.29) is 18.9 Å². The molecule has 11 heteroatoms. The average Bonchev–Trinajstić information content (AvgIpc) is 3.13. The van der Waals surface area contributed by atoms with Crippen LogP contribution in [0, 0.1) is 5.92 Å². The highest BCUT2D eigenvalue weighted by Crippen LogP contribution is 2.30. The summed E-state index contributed by atoms with van der Waals surface area (Å²) < 4.78 is 72.7. The average molecular weight is 487 g/mol. The van der Waals surface area contributed by atoms with Gasteiger partial charge < -0.3 is 4.74 Å². The lowest BCUT2D eigenvalue weighted by atomic mass is 10.1. The number of thiazole rings is 1. The molecule has 1 atom stereocenters. The summed E-state index contributed by atoms with van der Waals surface area (Å²) in [6.07, 6.45) is -4.59. The van der Waals surface area contributed by atoms with Crippen molar-refractivity contribution in [3.63, 3.8) is 0 Å². The third-order valence-electron chi connectivity index (χ3n) is 4.44. The number of hydrogen-bond acceptors (Lipinski definition) is 6. The van der Waals surface area contributed by atoms with Crippen LogP contribution < -0.4 is 4.72 Å². The Morgan fingerprint density at radius 3 is 2.53 bits per heavy atom. The molecule has 0 aliphatic heterocycles. The fourth-order valence-corrected chi connectivity index (χ4v) is 5.10. The van der Waals surface area contributed by atoms with Gasteiger partial charge in [0.2, 0.25) is 10.0 Å². The van der Waals surface area contributed by atoms with Crippen molar-refractivity contribution < 1.29 is 31.1 Å². The lowest BCUT2D eigenvalue weighted by Crippen LogP contribution is -2.42. The summed E-state index contributed by atoms with van der Waals surface area (Å²) in [6.45, 7) is 3.43. The van der Waals surface area contributed by atoms with E-state index < -0.39 is 38.7 Å². The second-order valence-electron chi connectivity index (χ2n) is 7.51. The Bertz CT molecular complexity index is 1170. The number of benzene rings is 2. The summed E-state index contributed by atoms with van der Waals surface area (Å²) in [7, 11) is -4.40. The zero-order valence-electron chi connectivity index (χ0n) is 17.2. The van der Waals surface area contributed by atoms with Crippen molar-refractivity contribution in [2.75, 3.05) is 0 Å². The first-order chi connectivity index (χ1) is 15.0. The van der Waals surface area contributed by atoms with E-state index in [2.05, 4.69) is 9.71 Å². The van der Waals surface area contributed by atoms with E-state index in [0.29, 0.717) is 11.1 Å². The summed E-state index contributed by atoms with van der Waals surface area (Å²) in [4.78, 5) is 16.4. The van der Waals surface area contributed by atoms with Gasteiger partial charge in [-0.3, -0.25) is 4.79 Å². The van der Waals surface area contributed by atoms with Gasteiger partial charge in [-0.2, -0.15) is 17.9 Å². The number of fused-ring (bicyclic) bond motifs is 1. The molecule has 3 rings (SSSR count). The van der Waals surface area contributed by atoms with Gasteiger partial charge in [-0.25, -0.2) is 13.4 Å². The van der Waals surface area contributed by atoms with E-state index in [4.69, 9.17) is 4.74 Å². The lowest BCUT2D eigenvalue weighted by Gasteiger charge is -2.19. The molecule has 2 aromatic carbocycles. The molecular formula is C21H21F3N2O4S2. The number of rotatable bonds is 8. The van der Waals surface area contributed by atoms with Crippen LogP contribution in [0.4, 0.5) is 13.2 Å². The molecule has 0 saturated heterocycles. The third kappa shape index (κ3) is 6.05. The number of carbonyl (C=O) groups excluding carboxylic acids is 1. The number of alkyl halides is 3. The van der Waals surface area contributed by atoms with Gasteiger partial charge in [0, 0.05) is 0 Å². The summed E-state index contributed by atoms with van der Waals surface area (Å²) in [5.41, 5.74) is -0.341. The smallest absolute Gasteiger partial charge is 0.416 e. The van der Waals surface area contributed by atoms with Crippen LogP contribution in [-0.4, -0.2) is 25.4 Å². The highest BCUT2D eigenvalue weighted by molar-refractivity contribution is 7.89. The minimum atomic E-state index is -4.70. The van der Waals surface area contributed by atoms with Crippen LogP contribution in [0.1, 0.15) is 30.8 Å². The molecule has 0 aliphatic rings. The van der Waals surface area contributed by atoms with E-state index in [1.807, 2.05) is 24.3 Å². The highest BCUT2D eigenvalue weighted by Gasteiger charge is 2.33. The molecule has 0 amide bonds. The van der Waals surface area contributed by atoms with Crippen molar-refractivity contribution in [1.29, 1.82) is 0 Å². The molecule has 0 fully saturated rings. The standard InChI is InChI=1S/C21H21F3N2O4S2/c1-13(2)10-17(20(27)30-12-19-25-16-8-3-4-9-18(16)31-19)26-32(28,29)15-7-5-6-14(11-15)21(22,23)24/h3-9,11,13,17,26H,10,12H2,1-2H3/t17-/m0/s1. The minimum Gasteiger partial charge on any atom is -0.457 e. The Labute approximate surface area is 187 Å². The number of ether oxygens (including phenoxy) is 1. The molecule has 32 heavy (non-hydrogen) atoms. The summed E-state index contributed by atoms with van der Waals surface area (Å²) in [6, 6.07) is 9.47. The van der Waals surface area contributed by atoms with Gasteiger partial charge in [-0.1, -0.05) is 32.0 Å². The van der Waals surface area contributed by atoms with Crippen LogP contribution in [0.5, 0.6) is 0 Å². The van der Waals surface area contributed by atoms with Crippen LogP contribution >= 0.6 is 11.3 Å². The fourth-order valence-electron chi connectivity index (χ4n) is 2.97. The van der Waals surface area contributed by atoms with Crippen molar-refractivity contribution in [2.45, 2.75) is 44.0 Å². The number of aromatic nitrogens is 1. The normalized spacial score (nSPS) is 13.4. The van der Waals surface area contributed by atoms with Crippen molar-refractivity contribution >= 4 is 37.5 Å². The summed E-state index contributed by atoms with van der Waals surface area (Å²) >= 11 is 1.35. The molecule has 3 aromatic rings. The van der Waals surface area contributed by atoms with Gasteiger partial charge in [0.1, 0.15) is 17.7 Å². The Balaban J connectivity index is 1.75. The maximum Gasteiger partial charge on any atom is 0.416 e. The first-order valence-electron chi connectivity index (χ1n) is 9.66. The van der Waals surface area contributed by atoms with E-state index in [1.165, 1.54) is 11.3 Å². The predicted molar refractivity (Wildman–Crippen MR) is 114 cm³/mol. The van der Waals surface area contributed by atoms with Crippen molar-refractivity contribution in [3.8, 4) is 0 Å². The van der Waals surface area contributed by atoms with Crippen LogP contribution in [0.3, 0.4) is 0 Å². The van der Waals surface area contributed by atoms with Gasteiger partial charge >= 0.3 is 12.1 Å². The van der Waals surface area contributed by atoms with E-state index >= 15 is 0 Å².